The van der Waals surface area contributed by atoms with Gasteiger partial charge in [0.25, 0.3) is 10.0 Å². The fourth-order valence-electron chi connectivity index (χ4n) is 3.47. The first-order chi connectivity index (χ1) is 15.2. The SMILES string of the molecule is O=C(NCC1CCCO1)C1C=Nc2ccc(S(=O)(=O)Nc3ccc(F)cc3F)cc2C1=O. The van der Waals surface area contributed by atoms with Crippen LogP contribution < -0.4 is 10.0 Å². The summed E-state index contributed by atoms with van der Waals surface area (Å²) in [5.74, 6) is -4.31. The van der Waals surface area contributed by atoms with Gasteiger partial charge in [-0.25, -0.2) is 17.2 Å². The number of benzene rings is 2. The number of hydrogen-bond donors (Lipinski definition) is 2. The van der Waals surface area contributed by atoms with Gasteiger partial charge in [0, 0.05) is 31.0 Å². The number of sulfonamides is 1. The van der Waals surface area contributed by atoms with Crippen molar-refractivity contribution in [3.8, 4) is 0 Å². The van der Waals surface area contributed by atoms with Gasteiger partial charge in [-0.2, -0.15) is 0 Å². The average Bonchev–Trinajstić information content (AvgIpc) is 3.28. The van der Waals surface area contributed by atoms with Crippen LogP contribution in [0.25, 0.3) is 0 Å². The van der Waals surface area contributed by atoms with Crippen LogP contribution in [-0.2, 0) is 19.6 Å². The molecule has 0 aliphatic carbocycles. The topological polar surface area (TPSA) is 114 Å². The first-order valence-electron chi connectivity index (χ1n) is 9.84. The molecule has 1 amide bonds. The fourth-order valence-corrected chi connectivity index (χ4v) is 4.57. The first kappa shape index (κ1) is 22.0. The molecule has 4 rings (SSSR count). The van der Waals surface area contributed by atoms with Gasteiger partial charge in [-0.3, -0.25) is 19.3 Å². The van der Waals surface area contributed by atoms with Crippen molar-refractivity contribution in [3.63, 3.8) is 0 Å². The quantitative estimate of drug-likeness (QED) is 0.640. The highest BCUT2D eigenvalue weighted by Gasteiger charge is 2.32. The molecule has 2 aliphatic rings. The van der Waals surface area contributed by atoms with E-state index >= 15 is 0 Å². The van der Waals surface area contributed by atoms with Gasteiger partial charge in [-0.1, -0.05) is 0 Å². The molecule has 2 atom stereocenters. The third-order valence-corrected chi connectivity index (χ3v) is 6.54. The molecule has 2 heterocycles. The summed E-state index contributed by atoms with van der Waals surface area (Å²) in [5, 5.41) is 2.66. The van der Waals surface area contributed by atoms with Crippen LogP contribution in [0.5, 0.6) is 0 Å². The Hall–Kier alpha value is -3.18. The summed E-state index contributed by atoms with van der Waals surface area (Å²) < 4.78 is 59.8. The zero-order valence-electron chi connectivity index (χ0n) is 16.7. The molecule has 8 nitrogen and oxygen atoms in total. The molecule has 0 aromatic heterocycles. The average molecular weight is 463 g/mol. The molecule has 2 aromatic carbocycles. The van der Waals surface area contributed by atoms with Gasteiger partial charge in [0.05, 0.1) is 22.4 Å². The maximum absolute atomic E-state index is 13.9. The van der Waals surface area contributed by atoms with Crippen molar-refractivity contribution in [2.24, 2.45) is 10.9 Å². The number of halogens is 2. The molecule has 11 heteroatoms. The van der Waals surface area contributed by atoms with Gasteiger partial charge in [-0.15, -0.1) is 0 Å². The van der Waals surface area contributed by atoms with Crippen LogP contribution in [0, 0.1) is 17.6 Å². The highest BCUT2D eigenvalue weighted by molar-refractivity contribution is 7.92. The van der Waals surface area contributed by atoms with E-state index in [9.17, 15) is 26.8 Å². The van der Waals surface area contributed by atoms with Crippen LogP contribution in [0.3, 0.4) is 0 Å². The van der Waals surface area contributed by atoms with Crippen LogP contribution in [0.1, 0.15) is 23.2 Å². The van der Waals surface area contributed by atoms with Gasteiger partial charge >= 0.3 is 0 Å². The van der Waals surface area contributed by atoms with Crippen LogP contribution in [0.4, 0.5) is 20.2 Å². The zero-order chi connectivity index (χ0) is 22.9. The van der Waals surface area contributed by atoms with Crippen LogP contribution in [0.2, 0.25) is 0 Å². The maximum Gasteiger partial charge on any atom is 0.262 e. The fraction of sp³-hybridized carbons (Fsp3) is 0.286. The number of amides is 1. The van der Waals surface area contributed by atoms with Gasteiger partial charge in [0.1, 0.15) is 17.6 Å². The van der Waals surface area contributed by atoms with Crippen molar-refractivity contribution >= 4 is 39.3 Å². The lowest BCUT2D eigenvalue weighted by Gasteiger charge is -2.19. The minimum absolute atomic E-state index is 0.0489. The smallest absolute Gasteiger partial charge is 0.262 e. The monoisotopic (exact) mass is 463 g/mol. The van der Waals surface area contributed by atoms with Crippen LogP contribution in [-0.4, -0.2) is 45.6 Å². The van der Waals surface area contributed by atoms with E-state index in [1.165, 1.54) is 18.3 Å². The standard InChI is InChI=1S/C21H19F2N3O5S/c22-12-3-5-19(17(23)8-12)26-32(29,30)14-4-6-18-15(9-14)20(27)16(11-24-18)21(28)25-10-13-2-1-7-31-13/h3-6,8-9,11,13,16,26H,1-2,7,10H2,(H,25,28). The van der Waals surface area contributed by atoms with E-state index in [0.29, 0.717) is 12.7 Å². The summed E-state index contributed by atoms with van der Waals surface area (Å²) >= 11 is 0. The Morgan fingerprint density at radius 3 is 2.72 bits per heavy atom. The number of rotatable bonds is 6. The number of fused-ring (bicyclic) bond motifs is 1. The molecule has 2 unspecified atom stereocenters. The van der Waals surface area contributed by atoms with Gasteiger partial charge < -0.3 is 10.1 Å². The lowest BCUT2D eigenvalue weighted by Crippen LogP contribution is -2.40. The zero-order valence-corrected chi connectivity index (χ0v) is 17.5. The molecule has 1 fully saturated rings. The van der Waals surface area contributed by atoms with E-state index in [1.54, 1.807) is 0 Å². The molecule has 2 aromatic rings. The Morgan fingerprint density at radius 1 is 1.19 bits per heavy atom. The minimum Gasteiger partial charge on any atom is -0.376 e. The second-order valence-electron chi connectivity index (χ2n) is 7.41. The number of carbonyl (C=O) groups is 2. The molecule has 1 saturated heterocycles. The second-order valence-corrected chi connectivity index (χ2v) is 9.09. The normalized spacial score (nSPS) is 20.1. The number of anilines is 1. The minimum atomic E-state index is -4.30. The molecule has 168 valence electrons. The van der Waals surface area contributed by atoms with E-state index in [1.807, 2.05) is 4.72 Å². The molecule has 0 bridgehead atoms. The van der Waals surface area contributed by atoms with Crippen LogP contribution >= 0.6 is 0 Å². The Kier molecular flexibility index (Phi) is 6.02. The number of aliphatic imine (C=N–C) groups is 1. The van der Waals surface area contributed by atoms with Crippen molar-refractivity contribution in [1.82, 2.24) is 5.32 Å². The molecular formula is C21H19F2N3O5S. The Labute approximate surface area is 182 Å². The molecule has 2 aliphatic heterocycles. The highest BCUT2D eigenvalue weighted by atomic mass is 32.2. The Morgan fingerprint density at radius 2 is 2.00 bits per heavy atom. The number of Topliss-reactive ketones (excluding diaryl/α,β-unsaturated/α-hetero) is 1. The van der Waals surface area contributed by atoms with Gasteiger partial charge in [-0.05, 0) is 43.2 Å². The number of ketones is 1. The van der Waals surface area contributed by atoms with Crippen molar-refractivity contribution in [2.75, 3.05) is 17.9 Å². The second kappa shape index (κ2) is 8.75. The van der Waals surface area contributed by atoms with Gasteiger partial charge in [0.15, 0.2) is 5.78 Å². The first-order valence-corrected chi connectivity index (χ1v) is 11.3. The lowest BCUT2D eigenvalue weighted by atomic mass is 9.94. The van der Waals surface area contributed by atoms with E-state index < -0.39 is 45.0 Å². The Balaban J connectivity index is 1.53. The molecule has 0 radical (unpaired) electrons. The predicted octanol–water partition coefficient (Wildman–Crippen LogP) is 2.58. The number of hydrogen-bond acceptors (Lipinski definition) is 6. The summed E-state index contributed by atoms with van der Waals surface area (Å²) in [4.78, 5) is 29.1. The van der Waals surface area contributed by atoms with E-state index in [-0.39, 0.29) is 28.8 Å². The maximum atomic E-state index is 13.9. The molecule has 32 heavy (non-hydrogen) atoms. The molecule has 2 N–H and O–H groups in total. The number of nitrogens with one attached hydrogen (secondary N) is 2. The Bertz CT molecular complexity index is 1210. The third kappa shape index (κ3) is 4.53. The lowest BCUT2D eigenvalue weighted by molar-refractivity contribution is -0.122. The number of ether oxygens (including phenoxy) is 1. The summed E-state index contributed by atoms with van der Waals surface area (Å²) in [6.07, 6.45) is 2.84. The van der Waals surface area contributed by atoms with E-state index in [4.69, 9.17) is 4.74 Å². The van der Waals surface area contributed by atoms with Crippen molar-refractivity contribution < 1.29 is 31.5 Å². The van der Waals surface area contributed by atoms with Crippen molar-refractivity contribution in [1.29, 1.82) is 0 Å². The summed E-state index contributed by atoms with van der Waals surface area (Å²) in [6.45, 7) is 0.899. The predicted molar refractivity (Wildman–Crippen MR) is 112 cm³/mol. The molecule has 0 saturated carbocycles. The molecular weight excluding hydrogens is 444 g/mol. The van der Waals surface area contributed by atoms with Crippen molar-refractivity contribution in [2.45, 2.75) is 23.8 Å². The number of nitrogens with zero attached hydrogens (tertiary/aromatic N) is 1. The summed E-state index contributed by atoms with van der Waals surface area (Å²) in [6, 6.07) is 6.00. The van der Waals surface area contributed by atoms with Gasteiger partial charge in [0.2, 0.25) is 5.91 Å². The highest BCUT2D eigenvalue weighted by Crippen LogP contribution is 2.30. The van der Waals surface area contributed by atoms with Crippen molar-refractivity contribution in [3.05, 3.63) is 53.6 Å². The van der Waals surface area contributed by atoms with E-state index in [2.05, 4.69) is 10.3 Å². The van der Waals surface area contributed by atoms with E-state index in [0.717, 1.165) is 31.0 Å². The van der Waals surface area contributed by atoms with Crippen LogP contribution in [0.15, 0.2) is 46.3 Å². The summed E-state index contributed by atoms with van der Waals surface area (Å²) in [5.41, 5.74) is -0.280. The number of carbonyl (C=O) groups excluding carboxylic acids is 2. The largest absolute Gasteiger partial charge is 0.376 e. The summed E-state index contributed by atoms with van der Waals surface area (Å²) in [7, 11) is -4.30. The molecule has 0 spiro atoms. The third-order valence-electron chi connectivity index (χ3n) is 5.17.